The van der Waals surface area contributed by atoms with Crippen molar-refractivity contribution >= 4 is 11.4 Å². The molecule has 1 atom stereocenters. The van der Waals surface area contributed by atoms with Crippen molar-refractivity contribution in [2.75, 3.05) is 13.1 Å². The summed E-state index contributed by atoms with van der Waals surface area (Å²) >= 11 is 0. The number of nitrogens with one attached hydrogen (secondary N) is 1. The number of pyridine rings is 1. The zero-order chi connectivity index (χ0) is 21.4. The van der Waals surface area contributed by atoms with Gasteiger partial charge in [-0.1, -0.05) is 30.3 Å². The molecule has 0 saturated carbocycles. The summed E-state index contributed by atoms with van der Waals surface area (Å²) in [6.07, 6.45) is 2.87. The minimum absolute atomic E-state index is 0.166. The summed E-state index contributed by atoms with van der Waals surface area (Å²) in [5.41, 5.74) is 3.76. The van der Waals surface area contributed by atoms with Crippen LogP contribution in [-0.4, -0.2) is 29.8 Å². The third kappa shape index (κ3) is 3.65. The third-order valence-corrected chi connectivity index (χ3v) is 5.71. The monoisotopic (exact) mass is 421 g/mol. The van der Waals surface area contributed by atoms with Gasteiger partial charge in [0.1, 0.15) is 6.61 Å². The lowest BCUT2D eigenvalue weighted by Crippen LogP contribution is -2.31. The summed E-state index contributed by atoms with van der Waals surface area (Å²) in [6, 6.07) is 12.8. The molecule has 0 bridgehead atoms. The first kappa shape index (κ1) is 19.6. The number of aliphatic imine (C=N–C) groups is 1. The van der Waals surface area contributed by atoms with E-state index in [1.807, 2.05) is 30.3 Å². The van der Waals surface area contributed by atoms with Crippen molar-refractivity contribution in [3.05, 3.63) is 93.6 Å². The minimum Gasteiger partial charge on any atom is -0.483 e. The summed E-state index contributed by atoms with van der Waals surface area (Å²) in [4.78, 5) is 17.6. The molecule has 1 fully saturated rings. The van der Waals surface area contributed by atoms with Gasteiger partial charge >= 0.3 is 0 Å². The van der Waals surface area contributed by atoms with Gasteiger partial charge in [0.25, 0.3) is 5.56 Å². The number of aromatic nitrogens is 1. The van der Waals surface area contributed by atoms with E-state index in [0.29, 0.717) is 29.9 Å². The van der Waals surface area contributed by atoms with E-state index >= 15 is 0 Å². The molecule has 1 N–H and O–H groups in total. The highest BCUT2D eigenvalue weighted by molar-refractivity contribution is 6.06. The Kier molecular flexibility index (Phi) is 5.11. The molecule has 3 heterocycles. The fourth-order valence-electron chi connectivity index (χ4n) is 4.22. The van der Waals surface area contributed by atoms with Crippen LogP contribution in [0.3, 0.4) is 0 Å². The number of ether oxygens (including phenoxy) is 1. The minimum atomic E-state index is -2.59. The van der Waals surface area contributed by atoms with Crippen molar-refractivity contribution in [3.8, 4) is 5.75 Å². The van der Waals surface area contributed by atoms with Crippen molar-refractivity contribution in [2.24, 2.45) is 10.9 Å². The van der Waals surface area contributed by atoms with E-state index in [1.54, 1.807) is 24.4 Å². The van der Waals surface area contributed by atoms with Gasteiger partial charge in [-0.05, 0) is 41.0 Å². The van der Waals surface area contributed by atoms with E-state index in [1.165, 1.54) is 10.6 Å². The van der Waals surface area contributed by atoms with Crippen LogP contribution in [0.25, 0.3) is 5.70 Å². The molecule has 0 radical (unpaired) electrons. The molecule has 1 aromatic heterocycles. The van der Waals surface area contributed by atoms with Crippen molar-refractivity contribution in [1.29, 1.82) is 0 Å². The molecule has 0 spiro atoms. The lowest BCUT2D eigenvalue weighted by Gasteiger charge is -2.24. The first-order valence-corrected chi connectivity index (χ1v) is 10.2. The van der Waals surface area contributed by atoms with Crippen LogP contribution in [-0.2, 0) is 6.61 Å². The van der Waals surface area contributed by atoms with Gasteiger partial charge in [0.05, 0.1) is 11.6 Å². The average Bonchev–Trinajstić information content (AvgIpc) is 3.17. The summed E-state index contributed by atoms with van der Waals surface area (Å²) < 4.78 is 35.1. The second-order valence-corrected chi connectivity index (χ2v) is 7.68. The molecule has 2 aliphatic heterocycles. The topological polar surface area (TPSA) is 55.6 Å². The molecule has 0 amide bonds. The van der Waals surface area contributed by atoms with E-state index in [9.17, 15) is 13.6 Å². The van der Waals surface area contributed by atoms with Gasteiger partial charge in [-0.25, -0.2) is 8.78 Å². The number of piperidine rings is 1. The van der Waals surface area contributed by atoms with E-state index < -0.39 is 17.9 Å². The van der Waals surface area contributed by atoms with Gasteiger partial charge in [0.2, 0.25) is 6.43 Å². The predicted molar refractivity (Wildman–Crippen MR) is 115 cm³/mol. The number of hydrogen-bond donors (Lipinski definition) is 1. The second kappa shape index (κ2) is 8.07. The normalized spacial score (nSPS) is 20.1. The smallest absolute Gasteiger partial charge is 0.297 e. The molecule has 1 aliphatic carbocycles. The van der Waals surface area contributed by atoms with Crippen LogP contribution in [0.4, 0.5) is 8.78 Å². The van der Waals surface area contributed by atoms with Gasteiger partial charge < -0.3 is 10.1 Å². The molecule has 1 unspecified atom stereocenters. The zero-order valence-electron chi connectivity index (χ0n) is 16.7. The summed E-state index contributed by atoms with van der Waals surface area (Å²) in [5.74, 6) is -0.939. The average molecular weight is 421 g/mol. The Morgan fingerprint density at radius 3 is 2.84 bits per heavy atom. The number of benzene rings is 1. The molecule has 5 rings (SSSR count). The van der Waals surface area contributed by atoms with Crippen molar-refractivity contribution in [2.45, 2.75) is 19.5 Å². The standard InChI is InChI=1S/C24H21F2N3O2/c25-23(26)17-11-16(12-20-22(17)18-13-27-9-8-19(18)28-20)29-10-4-7-21(24(29)30)31-14-15-5-2-1-3-6-15/h1-7,10-12,17,23,27H,8-9,13-14H2. The van der Waals surface area contributed by atoms with Gasteiger partial charge in [0.15, 0.2) is 5.75 Å². The molecule has 158 valence electrons. The molecule has 31 heavy (non-hydrogen) atoms. The molecule has 1 saturated heterocycles. The first-order chi connectivity index (χ1) is 15.1. The van der Waals surface area contributed by atoms with Crippen LogP contribution in [0.15, 0.2) is 87.4 Å². The van der Waals surface area contributed by atoms with Crippen molar-refractivity contribution < 1.29 is 13.5 Å². The zero-order valence-corrected chi connectivity index (χ0v) is 16.7. The summed E-state index contributed by atoms with van der Waals surface area (Å²) in [7, 11) is 0. The maximum absolute atomic E-state index is 14.0. The molecule has 5 nitrogen and oxygen atoms in total. The van der Waals surface area contributed by atoms with Crippen LogP contribution in [0.1, 0.15) is 12.0 Å². The summed E-state index contributed by atoms with van der Waals surface area (Å²) in [5, 5.41) is 3.23. The quantitative estimate of drug-likeness (QED) is 0.799. The van der Waals surface area contributed by atoms with E-state index in [2.05, 4.69) is 10.3 Å². The van der Waals surface area contributed by atoms with Crippen LogP contribution < -0.4 is 15.6 Å². The van der Waals surface area contributed by atoms with E-state index in [4.69, 9.17) is 4.74 Å². The highest BCUT2D eigenvalue weighted by Crippen LogP contribution is 2.41. The molecular formula is C24H21F2N3O2. The van der Waals surface area contributed by atoms with Crippen LogP contribution >= 0.6 is 0 Å². The van der Waals surface area contributed by atoms with Crippen LogP contribution in [0.2, 0.25) is 0 Å². The molecule has 7 heteroatoms. The second-order valence-electron chi connectivity index (χ2n) is 7.68. The fourth-order valence-corrected chi connectivity index (χ4v) is 4.22. The maximum atomic E-state index is 14.0. The molecule has 1 aromatic carbocycles. The number of fused-ring (bicyclic) bond motifs is 2. The van der Waals surface area contributed by atoms with E-state index in [-0.39, 0.29) is 12.4 Å². The summed E-state index contributed by atoms with van der Waals surface area (Å²) in [6.45, 7) is 1.57. The number of hydrogen-bond acceptors (Lipinski definition) is 4. The SMILES string of the molecule is O=c1c(OCc2ccccc2)cccn1C1=CC(C(F)F)C2=C3CNCCC3=NC2=C1. The lowest BCUT2D eigenvalue weighted by atomic mass is 9.86. The van der Waals surface area contributed by atoms with E-state index in [0.717, 1.165) is 23.4 Å². The Balaban J connectivity index is 1.50. The predicted octanol–water partition coefficient (Wildman–Crippen LogP) is 3.79. The molecular weight excluding hydrogens is 400 g/mol. The Morgan fingerprint density at radius 2 is 2.03 bits per heavy atom. The number of rotatable bonds is 5. The maximum Gasteiger partial charge on any atom is 0.297 e. The number of halogens is 2. The Hall–Kier alpha value is -3.32. The van der Waals surface area contributed by atoms with Crippen LogP contribution in [0, 0.1) is 5.92 Å². The third-order valence-electron chi connectivity index (χ3n) is 5.71. The fraction of sp³-hybridized carbons (Fsp3) is 0.250. The van der Waals surface area contributed by atoms with Gasteiger partial charge in [-0.15, -0.1) is 0 Å². The highest BCUT2D eigenvalue weighted by Gasteiger charge is 2.36. The Labute approximate surface area is 178 Å². The number of allylic oxidation sites excluding steroid dienone is 4. The van der Waals surface area contributed by atoms with Gasteiger partial charge in [-0.3, -0.25) is 14.4 Å². The Morgan fingerprint density at radius 1 is 1.19 bits per heavy atom. The van der Waals surface area contributed by atoms with Crippen molar-refractivity contribution in [1.82, 2.24) is 9.88 Å². The number of nitrogens with zero attached hydrogens (tertiary/aromatic N) is 2. The molecule has 3 aliphatic rings. The van der Waals surface area contributed by atoms with Gasteiger partial charge in [0, 0.05) is 37.1 Å². The lowest BCUT2D eigenvalue weighted by molar-refractivity contribution is 0.116. The number of alkyl halides is 2. The highest BCUT2D eigenvalue weighted by atomic mass is 19.3. The largest absolute Gasteiger partial charge is 0.483 e. The molecule has 2 aromatic rings. The first-order valence-electron chi connectivity index (χ1n) is 10.2. The van der Waals surface area contributed by atoms with Crippen molar-refractivity contribution in [3.63, 3.8) is 0 Å². The Bertz CT molecular complexity index is 1190. The van der Waals surface area contributed by atoms with Crippen LogP contribution in [0.5, 0.6) is 5.75 Å². The van der Waals surface area contributed by atoms with Gasteiger partial charge in [-0.2, -0.15) is 0 Å².